The maximum atomic E-state index is 11.6. The molecule has 116 valence electrons. The lowest BCUT2D eigenvalue weighted by molar-refractivity contribution is 0.0697. The Labute approximate surface area is 129 Å². The molecule has 2 N–H and O–H groups in total. The molecule has 0 bridgehead atoms. The molecule has 1 aliphatic heterocycles. The minimum atomic E-state index is -0.940. The predicted molar refractivity (Wildman–Crippen MR) is 85.1 cm³/mol. The zero-order valence-electron chi connectivity index (χ0n) is 12.8. The number of hydrogen-bond donors (Lipinski definition) is 2. The van der Waals surface area contributed by atoms with Gasteiger partial charge in [0.2, 0.25) is 0 Å². The lowest BCUT2D eigenvalue weighted by atomic mass is 10.1. The number of benzene rings is 1. The number of aromatic carboxylic acids is 1. The van der Waals surface area contributed by atoms with E-state index in [0.717, 1.165) is 37.4 Å². The number of carboxylic acid groups (broad SMARTS) is 1. The minimum absolute atomic E-state index is 0.252. The smallest absolute Gasteiger partial charge is 0.341 e. The summed E-state index contributed by atoms with van der Waals surface area (Å²) in [6.07, 6.45) is 1.44. The number of carboxylic acids is 1. The van der Waals surface area contributed by atoms with Gasteiger partial charge in [-0.15, -0.1) is 0 Å². The molecule has 0 saturated carbocycles. The van der Waals surface area contributed by atoms with Gasteiger partial charge in [-0.2, -0.15) is 5.10 Å². The molecule has 0 aliphatic carbocycles. The maximum Gasteiger partial charge on any atom is 0.341 e. The van der Waals surface area contributed by atoms with Crippen LogP contribution < -0.4 is 10.2 Å². The van der Waals surface area contributed by atoms with E-state index in [1.165, 1.54) is 11.8 Å². The number of rotatable bonds is 3. The third-order valence-corrected chi connectivity index (χ3v) is 3.97. The third kappa shape index (κ3) is 2.57. The normalized spacial score (nSPS) is 15.1. The summed E-state index contributed by atoms with van der Waals surface area (Å²) in [5, 5.41) is 17.1. The lowest BCUT2D eigenvalue weighted by Gasteiger charge is -2.30. The SMILES string of the molecule is Cc1ccc(-n2ncc(C(=O)O)c2N2CCNCC2)c(C)c1. The molecular formula is C16H20N4O2. The molecule has 6 nitrogen and oxygen atoms in total. The Bertz CT molecular complexity index is 702. The van der Waals surface area contributed by atoms with Crippen LogP contribution in [0.25, 0.3) is 5.69 Å². The maximum absolute atomic E-state index is 11.6. The fourth-order valence-corrected chi connectivity index (χ4v) is 2.89. The van der Waals surface area contributed by atoms with Crippen LogP contribution in [0.5, 0.6) is 0 Å². The van der Waals surface area contributed by atoms with Crippen LogP contribution >= 0.6 is 0 Å². The molecule has 0 radical (unpaired) electrons. The van der Waals surface area contributed by atoms with Gasteiger partial charge in [0, 0.05) is 26.2 Å². The number of piperazine rings is 1. The van der Waals surface area contributed by atoms with Crippen molar-refractivity contribution in [1.29, 1.82) is 0 Å². The number of carbonyl (C=O) groups is 1. The van der Waals surface area contributed by atoms with Crippen molar-refractivity contribution in [2.45, 2.75) is 13.8 Å². The molecule has 2 aromatic rings. The van der Waals surface area contributed by atoms with Crippen molar-refractivity contribution in [2.24, 2.45) is 0 Å². The van der Waals surface area contributed by atoms with E-state index in [1.807, 2.05) is 26.0 Å². The van der Waals surface area contributed by atoms with Crippen LogP contribution in [0.4, 0.5) is 5.82 Å². The number of nitrogens with zero attached hydrogens (tertiary/aromatic N) is 3. The quantitative estimate of drug-likeness (QED) is 0.901. The molecule has 1 saturated heterocycles. The van der Waals surface area contributed by atoms with Crippen molar-refractivity contribution in [3.8, 4) is 5.69 Å². The van der Waals surface area contributed by atoms with E-state index in [4.69, 9.17) is 0 Å². The van der Waals surface area contributed by atoms with Crippen LogP contribution in [0.1, 0.15) is 21.5 Å². The average molecular weight is 300 g/mol. The fourth-order valence-electron chi connectivity index (χ4n) is 2.89. The van der Waals surface area contributed by atoms with Gasteiger partial charge in [0.05, 0.1) is 11.9 Å². The van der Waals surface area contributed by atoms with Gasteiger partial charge in [0.1, 0.15) is 11.4 Å². The van der Waals surface area contributed by atoms with Gasteiger partial charge in [0.15, 0.2) is 0 Å². The van der Waals surface area contributed by atoms with Crippen molar-refractivity contribution in [2.75, 3.05) is 31.1 Å². The molecule has 22 heavy (non-hydrogen) atoms. The first-order valence-corrected chi connectivity index (χ1v) is 7.42. The highest BCUT2D eigenvalue weighted by Gasteiger charge is 2.24. The van der Waals surface area contributed by atoms with Crippen LogP contribution in [0, 0.1) is 13.8 Å². The van der Waals surface area contributed by atoms with E-state index in [0.29, 0.717) is 5.82 Å². The third-order valence-electron chi connectivity index (χ3n) is 3.97. The molecule has 1 aliphatic rings. The first-order valence-electron chi connectivity index (χ1n) is 7.42. The Morgan fingerprint density at radius 3 is 2.64 bits per heavy atom. The molecule has 0 amide bonds. The molecule has 6 heteroatoms. The van der Waals surface area contributed by atoms with E-state index in [9.17, 15) is 9.90 Å². The molecule has 0 atom stereocenters. The molecule has 2 heterocycles. The van der Waals surface area contributed by atoms with Gasteiger partial charge < -0.3 is 15.3 Å². The van der Waals surface area contributed by atoms with Crippen molar-refractivity contribution in [3.63, 3.8) is 0 Å². The van der Waals surface area contributed by atoms with Crippen LogP contribution in [0.3, 0.4) is 0 Å². The summed E-state index contributed by atoms with van der Waals surface area (Å²) in [6, 6.07) is 6.10. The zero-order chi connectivity index (χ0) is 15.7. The second-order valence-corrected chi connectivity index (χ2v) is 5.63. The Morgan fingerprint density at radius 1 is 1.27 bits per heavy atom. The number of anilines is 1. The summed E-state index contributed by atoms with van der Waals surface area (Å²) in [5.74, 6) is -0.273. The number of aromatic nitrogens is 2. The van der Waals surface area contributed by atoms with Gasteiger partial charge >= 0.3 is 5.97 Å². The average Bonchev–Trinajstić information content (AvgIpc) is 2.93. The van der Waals surface area contributed by atoms with E-state index >= 15 is 0 Å². The summed E-state index contributed by atoms with van der Waals surface area (Å²) in [7, 11) is 0. The van der Waals surface area contributed by atoms with Crippen molar-refractivity contribution in [1.82, 2.24) is 15.1 Å². The van der Waals surface area contributed by atoms with Crippen LogP contribution in [-0.2, 0) is 0 Å². The molecular weight excluding hydrogens is 280 g/mol. The van der Waals surface area contributed by atoms with E-state index in [-0.39, 0.29) is 5.56 Å². The monoisotopic (exact) mass is 300 g/mol. The van der Waals surface area contributed by atoms with Gasteiger partial charge in [-0.25, -0.2) is 9.48 Å². The van der Waals surface area contributed by atoms with Gasteiger partial charge in [-0.05, 0) is 25.5 Å². The second-order valence-electron chi connectivity index (χ2n) is 5.63. The first kappa shape index (κ1) is 14.6. The first-order chi connectivity index (χ1) is 10.6. The Morgan fingerprint density at radius 2 is 2.00 bits per heavy atom. The van der Waals surface area contributed by atoms with Crippen molar-refractivity contribution in [3.05, 3.63) is 41.1 Å². The Balaban J connectivity index is 2.13. The second kappa shape index (κ2) is 5.81. The lowest BCUT2D eigenvalue weighted by Crippen LogP contribution is -2.44. The molecule has 3 rings (SSSR count). The minimum Gasteiger partial charge on any atom is -0.477 e. The highest BCUT2D eigenvalue weighted by molar-refractivity contribution is 5.93. The molecule has 1 aromatic heterocycles. The van der Waals surface area contributed by atoms with Crippen LogP contribution in [-0.4, -0.2) is 47.0 Å². The number of hydrogen-bond acceptors (Lipinski definition) is 4. The predicted octanol–water partition coefficient (Wildman–Crippen LogP) is 1.60. The van der Waals surface area contributed by atoms with Gasteiger partial charge in [-0.3, -0.25) is 0 Å². The van der Waals surface area contributed by atoms with Crippen molar-refractivity contribution < 1.29 is 9.90 Å². The van der Waals surface area contributed by atoms with E-state index in [2.05, 4.69) is 21.4 Å². The summed E-state index contributed by atoms with van der Waals surface area (Å²) < 4.78 is 1.75. The standard InChI is InChI=1S/C16H20N4O2/c1-11-3-4-14(12(2)9-11)20-15(13(10-18-20)16(21)22)19-7-5-17-6-8-19/h3-4,9-10,17H,5-8H2,1-2H3,(H,21,22). The molecule has 1 fully saturated rings. The highest BCUT2D eigenvalue weighted by atomic mass is 16.4. The number of aryl methyl sites for hydroxylation is 2. The molecule has 0 spiro atoms. The Kier molecular flexibility index (Phi) is 3.85. The van der Waals surface area contributed by atoms with Gasteiger partial charge in [0.25, 0.3) is 0 Å². The van der Waals surface area contributed by atoms with Crippen LogP contribution in [0.2, 0.25) is 0 Å². The van der Waals surface area contributed by atoms with E-state index < -0.39 is 5.97 Å². The van der Waals surface area contributed by atoms with E-state index in [1.54, 1.807) is 4.68 Å². The summed E-state index contributed by atoms with van der Waals surface area (Å²) >= 11 is 0. The summed E-state index contributed by atoms with van der Waals surface area (Å²) in [4.78, 5) is 13.6. The molecule has 0 unspecified atom stereocenters. The van der Waals surface area contributed by atoms with Gasteiger partial charge in [-0.1, -0.05) is 17.7 Å². The molecule has 1 aromatic carbocycles. The zero-order valence-corrected chi connectivity index (χ0v) is 12.8. The summed E-state index contributed by atoms with van der Waals surface area (Å²) in [6.45, 7) is 7.30. The highest BCUT2D eigenvalue weighted by Crippen LogP contribution is 2.27. The topological polar surface area (TPSA) is 70.4 Å². The fraction of sp³-hybridized carbons (Fsp3) is 0.375. The van der Waals surface area contributed by atoms with Crippen LogP contribution in [0.15, 0.2) is 24.4 Å². The summed E-state index contributed by atoms with van der Waals surface area (Å²) in [5.41, 5.74) is 3.43. The number of nitrogens with one attached hydrogen (secondary N) is 1. The Hall–Kier alpha value is -2.34. The largest absolute Gasteiger partial charge is 0.477 e. The van der Waals surface area contributed by atoms with Crippen molar-refractivity contribution >= 4 is 11.8 Å².